The summed E-state index contributed by atoms with van der Waals surface area (Å²) in [4.78, 5) is 10.9. The van der Waals surface area contributed by atoms with Crippen molar-refractivity contribution in [3.63, 3.8) is 0 Å². The number of carbonyl (C=O) groups is 1. The summed E-state index contributed by atoms with van der Waals surface area (Å²) in [5.74, 6) is -1.89. The first-order valence-corrected chi connectivity index (χ1v) is 8.24. The zero-order chi connectivity index (χ0) is 16.0. The minimum Gasteiger partial charge on any atom is -0.480 e. The van der Waals surface area contributed by atoms with Gasteiger partial charge in [0.15, 0.2) is 0 Å². The predicted molar refractivity (Wildman–Crippen MR) is 77.0 cm³/mol. The van der Waals surface area contributed by atoms with Crippen molar-refractivity contribution in [3.05, 3.63) is 28.5 Å². The van der Waals surface area contributed by atoms with Crippen molar-refractivity contribution in [2.24, 2.45) is 0 Å². The summed E-state index contributed by atoms with van der Waals surface area (Å²) >= 11 is 2.95. The van der Waals surface area contributed by atoms with E-state index in [1.807, 2.05) is 0 Å². The highest BCUT2D eigenvalue weighted by Crippen LogP contribution is 2.23. The summed E-state index contributed by atoms with van der Waals surface area (Å²) in [6.07, 6.45) is 0.474. The molecular weight excluding hydrogens is 369 g/mol. The Kier molecular flexibility index (Phi) is 6.72. The summed E-state index contributed by atoms with van der Waals surface area (Å²) < 4.78 is 44.2. The number of aliphatic carboxylic acids is 1. The van der Waals surface area contributed by atoms with E-state index in [1.54, 1.807) is 0 Å². The largest absolute Gasteiger partial charge is 0.480 e. The van der Waals surface area contributed by atoms with Crippen LogP contribution >= 0.6 is 15.9 Å². The fourth-order valence-electron chi connectivity index (χ4n) is 1.61. The van der Waals surface area contributed by atoms with Gasteiger partial charge in [0.2, 0.25) is 10.0 Å². The van der Waals surface area contributed by atoms with E-state index in [0.29, 0.717) is 13.0 Å². The molecule has 118 valence electrons. The number of methoxy groups -OCH3 is 1. The number of nitrogens with one attached hydrogen (secondary N) is 1. The Morgan fingerprint density at radius 3 is 2.71 bits per heavy atom. The highest BCUT2D eigenvalue weighted by atomic mass is 79.9. The summed E-state index contributed by atoms with van der Waals surface area (Å²) in [6, 6.07) is 1.77. The van der Waals surface area contributed by atoms with Gasteiger partial charge in [0, 0.05) is 18.2 Å². The molecule has 0 fully saturated rings. The molecule has 6 nitrogen and oxygen atoms in total. The van der Waals surface area contributed by atoms with Crippen molar-refractivity contribution in [1.82, 2.24) is 4.72 Å². The molecule has 0 amide bonds. The van der Waals surface area contributed by atoms with Crippen LogP contribution in [0.25, 0.3) is 0 Å². The smallest absolute Gasteiger partial charge is 0.321 e. The number of hydrogen-bond acceptors (Lipinski definition) is 4. The van der Waals surface area contributed by atoms with Gasteiger partial charge in [-0.05, 0) is 47.0 Å². The molecule has 0 spiro atoms. The molecule has 0 saturated heterocycles. The van der Waals surface area contributed by atoms with Crippen LogP contribution in [0.2, 0.25) is 0 Å². The third-order valence-corrected chi connectivity index (χ3v) is 5.07. The average Bonchev–Trinajstić information content (AvgIpc) is 2.36. The number of carboxylic acid groups (broad SMARTS) is 1. The van der Waals surface area contributed by atoms with E-state index in [4.69, 9.17) is 9.84 Å². The quantitative estimate of drug-likeness (QED) is 0.667. The van der Waals surface area contributed by atoms with Gasteiger partial charge in [-0.15, -0.1) is 0 Å². The summed E-state index contributed by atoms with van der Waals surface area (Å²) in [5.41, 5.74) is 0. The zero-order valence-electron chi connectivity index (χ0n) is 11.2. The molecule has 1 atom stereocenters. The Labute approximate surface area is 130 Å². The van der Waals surface area contributed by atoms with Gasteiger partial charge < -0.3 is 9.84 Å². The van der Waals surface area contributed by atoms with Crippen molar-refractivity contribution in [2.75, 3.05) is 13.7 Å². The number of benzene rings is 1. The molecule has 0 aliphatic carbocycles. The Morgan fingerprint density at radius 1 is 1.52 bits per heavy atom. The maximum Gasteiger partial charge on any atom is 0.321 e. The predicted octanol–water partition coefficient (Wildman–Crippen LogP) is 1.75. The molecule has 21 heavy (non-hydrogen) atoms. The van der Waals surface area contributed by atoms with E-state index >= 15 is 0 Å². The Balaban J connectivity index is 2.92. The molecule has 0 aliphatic heterocycles. The van der Waals surface area contributed by atoms with E-state index in [2.05, 4.69) is 20.7 Å². The molecule has 1 rings (SSSR count). The Bertz CT molecular complexity index is 608. The number of carboxylic acids is 1. The maximum absolute atomic E-state index is 13.0. The van der Waals surface area contributed by atoms with Gasteiger partial charge in [0.05, 0.1) is 4.90 Å². The van der Waals surface area contributed by atoms with Gasteiger partial charge in [-0.25, -0.2) is 12.8 Å². The first-order valence-electron chi connectivity index (χ1n) is 5.97. The van der Waals surface area contributed by atoms with Crippen molar-refractivity contribution in [1.29, 1.82) is 0 Å². The van der Waals surface area contributed by atoms with Crippen LogP contribution < -0.4 is 4.72 Å². The molecule has 1 aromatic rings. The van der Waals surface area contributed by atoms with Crippen LogP contribution in [0.15, 0.2) is 27.6 Å². The molecule has 2 N–H and O–H groups in total. The lowest BCUT2D eigenvalue weighted by Crippen LogP contribution is -2.41. The molecule has 1 unspecified atom stereocenters. The van der Waals surface area contributed by atoms with Crippen LogP contribution in [0.1, 0.15) is 12.8 Å². The van der Waals surface area contributed by atoms with E-state index < -0.39 is 27.9 Å². The van der Waals surface area contributed by atoms with Gasteiger partial charge in [-0.3, -0.25) is 4.79 Å². The SMILES string of the molecule is COCCCC(NS(=O)(=O)c1ccc(F)cc1Br)C(=O)O. The van der Waals surface area contributed by atoms with E-state index in [9.17, 15) is 17.6 Å². The topological polar surface area (TPSA) is 92.7 Å². The number of rotatable bonds is 8. The van der Waals surface area contributed by atoms with Gasteiger partial charge in [0.1, 0.15) is 11.9 Å². The van der Waals surface area contributed by atoms with Crippen LogP contribution in [0.5, 0.6) is 0 Å². The average molecular weight is 384 g/mol. The van der Waals surface area contributed by atoms with Gasteiger partial charge in [-0.1, -0.05) is 0 Å². The second kappa shape index (κ2) is 7.83. The lowest BCUT2D eigenvalue weighted by Gasteiger charge is -2.15. The van der Waals surface area contributed by atoms with Gasteiger partial charge in [0.25, 0.3) is 0 Å². The fraction of sp³-hybridized carbons (Fsp3) is 0.417. The molecule has 0 bridgehead atoms. The maximum atomic E-state index is 13.0. The van der Waals surface area contributed by atoms with E-state index in [0.717, 1.165) is 18.2 Å². The lowest BCUT2D eigenvalue weighted by molar-refractivity contribution is -0.139. The standard InChI is InChI=1S/C12H15BrFNO5S/c1-20-6-2-3-10(12(16)17)15-21(18,19)11-5-4-8(14)7-9(11)13/h4-5,7,10,15H,2-3,6H2,1H3,(H,16,17). The van der Waals surface area contributed by atoms with Gasteiger partial charge >= 0.3 is 5.97 Å². The van der Waals surface area contributed by atoms with Crippen LogP contribution in [-0.2, 0) is 19.6 Å². The minimum atomic E-state index is -4.07. The Hall–Kier alpha value is -1.03. The summed E-state index contributed by atoms with van der Waals surface area (Å²) in [7, 11) is -2.61. The highest BCUT2D eigenvalue weighted by Gasteiger charge is 2.26. The van der Waals surface area contributed by atoms with Crippen LogP contribution in [0, 0.1) is 5.82 Å². The van der Waals surface area contributed by atoms with E-state index in [-0.39, 0.29) is 15.8 Å². The number of sulfonamides is 1. The monoisotopic (exact) mass is 383 g/mol. The third kappa shape index (κ3) is 5.34. The summed E-state index contributed by atoms with van der Waals surface area (Å²) in [6.45, 7) is 0.325. The summed E-state index contributed by atoms with van der Waals surface area (Å²) in [5, 5.41) is 9.06. The minimum absolute atomic E-state index is 0.0241. The fourth-order valence-corrected chi connectivity index (χ4v) is 3.88. The molecule has 0 heterocycles. The van der Waals surface area contributed by atoms with E-state index in [1.165, 1.54) is 7.11 Å². The van der Waals surface area contributed by atoms with Crippen molar-refractivity contribution < 1.29 is 27.4 Å². The third-order valence-electron chi connectivity index (χ3n) is 2.62. The Morgan fingerprint density at radius 2 is 2.19 bits per heavy atom. The molecule has 1 aromatic carbocycles. The molecule has 0 aromatic heterocycles. The molecule has 0 saturated carbocycles. The van der Waals surface area contributed by atoms with Crippen LogP contribution in [-0.4, -0.2) is 39.3 Å². The van der Waals surface area contributed by atoms with Crippen molar-refractivity contribution >= 4 is 31.9 Å². The normalized spacial score (nSPS) is 13.1. The lowest BCUT2D eigenvalue weighted by atomic mass is 10.2. The number of ether oxygens (including phenoxy) is 1. The second-order valence-corrected chi connectivity index (χ2v) is 6.76. The first kappa shape index (κ1) is 18.0. The zero-order valence-corrected chi connectivity index (χ0v) is 13.6. The molecule has 0 radical (unpaired) electrons. The van der Waals surface area contributed by atoms with Crippen molar-refractivity contribution in [2.45, 2.75) is 23.8 Å². The molecule has 9 heteroatoms. The van der Waals surface area contributed by atoms with Crippen molar-refractivity contribution in [3.8, 4) is 0 Å². The van der Waals surface area contributed by atoms with Crippen LogP contribution in [0.4, 0.5) is 4.39 Å². The van der Waals surface area contributed by atoms with Gasteiger partial charge in [-0.2, -0.15) is 4.72 Å². The van der Waals surface area contributed by atoms with Crippen LogP contribution in [0.3, 0.4) is 0 Å². The molecule has 0 aliphatic rings. The number of halogens is 2. The number of hydrogen-bond donors (Lipinski definition) is 2. The molecular formula is C12H15BrFNO5S. The first-order chi connectivity index (χ1) is 9.77. The highest BCUT2D eigenvalue weighted by molar-refractivity contribution is 9.10. The second-order valence-electron chi connectivity index (χ2n) is 4.22.